The summed E-state index contributed by atoms with van der Waals surface area (Å²) in [6, 6.07) is 3.90. The molecular weight excluding hydrogens is 356 g/mol. The lowest BCUT2D eigenvalue weighted by molar-refractivity contribution is -0.0803. The van der Waals surface area contributed by atoms with Gasteiger partial charge in [0.05, 0.1) is 12.3 Å². The number of rotatable bonds is 2. The van der Waals surface area contributed by atoms with E-state index < -0.39 is 0 Å². The highest BCUT2D eigenvalue weighted by molar-refractivity contribution is 5.58. The van der Waals surface area contributed by atoms with Crippen molar-refractivity contribution in [2.45, 2.75) is 38.7 Å². The van der Waals surface area contributed by atoms with Crippen molar-refractivity contribution in [2.24, 2.45) is 0 Å². The zero-order valence-electron chi connectivity index (χ0n) is 16.1. The molecule has 0 saturated carbocycles. The number of pyridine rings is 1. The molecule has 1 spiro atoms. The number of aromatic nitrogens is 5. The van der Waals surface area contributed by atoms with Crippen molar-refractivity contribution in [1.82, 2.24) is 25.1 Å². The quantitative estimate of drug-likeness (QED) is 0.672. The highest BCUT2D eigenvalue weighted by Gasteiger charge is 2.42. The molecule has 144 valence electrons. The van der Waals surface area contributed by atoms with Gasteiger partial charge in [0.2, 0.25) is 0 Å². The van der Waals surface area contributed by atoms with Crippen molar-refractivity contribution in [2.75, 3.05) is 24.6 Å². The van der Waals surface area contributed by atoms with E-state index in [2.05, 4.69) is 25.0 Å². The standard InChI is InChI=1S/C20H22N6O2/c1-13-22-12-16-4-10-27-20(18(16)23-13)5-8-26(9-6-20)17-11-15(3-7-21-17)19-24-14(2)25-28-19/h3,7,11-12H,4-6,8-10H2,1-2H3. The first-order chi connectivity index (χ1) is 13.6. The Morgan fingerprint density at radius 3 is 2.71 bits per heavy atom. The maximum atomic E-state index is 6.30. The summed E-state index contributed by atoms with van der Waals surface area (Å²) < 4.78 is 11.6. The second kappa shape index (κ2) is 6.63. The van der Waals surface area contributed by atoms with E-state index in [4.69, 9.17) is 14.2 Å². The van der Waals surface area contributed by atoms with E-state index in [-0.39, 0.29) is 5.60 Å². The molecule has 0 aliphatic carbocycles. The van der Waals surface area contributed by atoms with E-state index in [1.165, 1.54) is 5.56 Å². The maximum absolute atomic E-state index is 6.30. The lowest BCUT2D eigenvalue weighted by Gasteiger charge is -2.44. The highest BCUT2D eigenvalue weighted by atomic mass is 16.5. The molecule has 28 heavy (non-hydrogen) atoms. The molecular formula is C20H22N6O2. The van der Waals surface area contributed by atoms with E-state index in [1.54, 1.807) is 6.20 Å². The summed E-state index contributed by atoms with van der Waals surface area (Å²) in [6.07, 6.45) is 6.39. The highest BCUT2D eigenvalue weighted by Crippen LogP contribution is 2.41. The van der Waals surface area contributed by atoms with Crippen LogP contribution in [0.5, 0.6) is 0 Å². The Morgan fingerprint density at radius 1 is 1.07 bits per heavy atom. The van der Waals surface area contributed by atoms with Crippen molar-refractivity contribution in [3.8, 4) is 11.5 Å². The van der Waals surface area contributed by atoms with Gasteiger partial charge in [0.15, 0.2) is 5.82 Å². The number of ether oxygens (including phenoxy) is 1. The molecule has 0 aromatic carbocycles. The molecule has 2 aliphatic rings. The van der Waals surface area contributed by atoms with Gasteiger partial charge in [0.1, 0.15) is 17.2 Å². The average Bonchev–Trinajstić information content (AvgIpc) is 3.16. The number of piperidine rings is 1. The number of nitrogens with zero attached hydrogens (tertiary/aromatic N) is 6. The van der Waals surface area contributed by atoms with Gasteiger partial charge in [-0.25, -0.2) is 15.0 Å². The molecule has 8 heteroatoms. The summed E-state index contributed by atoms with van der Waals surface area (Å²) in [5, 5.41) is 3.87. The predicted octanol–water partition coefficient (Wildman–Crippen LogP) is 2.61. The second-order valence-corrected chi connectivity index (χ2v) is 7.42. The fourth-order valence-electron chi connectivity index (χ4n) is 4.11. The van der Waals surface area contributed by atoms with Crippen LogP contribution in [-0.2, 0) is 16.8 Å². The molecule has 2 aliphatic heterocycles. The van der Waals surface area contributed by atoms with Gasteiger partial charge < -0.3 is 14.2 Å². The summed E-state index contributed by atoms with van der Waals surface area (Å²) in [6.45, 7) is 6.17. The van der Waals surface area contributed by atoms with Gasteiger partial charge in [-0.05, 0) is 50.8 Å². The van der Waals surface area contributed by atoms with Crippen LogP contribution in [0.1, 0.15) is 35.7 Å². The normalized spacial score (nSPS) is 18.3. The first-order valence-corrected chi connectivity index (χ1v) is 9.62. The molecule has 0 amide bonds. The molecule has 1 saturated heterocycles. The Hall–Kier alpha value is -2.87. The molecule has 3 aromatic rings. The number of hydrogen-bond acceptors (Lipinski definition) is 8. The summed E-state index contributed by atoms with van der Waals surface area (Å²) in [5.74, 6) is 2.86. The van der Waals surface area contributed by atoms with Crippen LogP contribution in [0.25, 0.3) is 11.5 Å². The Bertz CT molecular complexity index is 1010. The smallest absolute Gasteiger partial charge is 0.258 e. The van der Waals surface area contributed by atoms with Gasteiger partial charge in [0, 0.05) is 31.0 Å². The van der Waals surface area contributed by atoms with Crippen LogP contribution in [0.15, 0.2) is 29.0 Å². The zero-order valence-corrected chi connectivity index (χ0v) is 16.1. The molecule has 3 aromatic heterocycles. The van der Waals surface area contributed by atoms with Crippen molar-refractivity contribution < 1.29 is 9.26 Å². The lowest BCUT2D eigenvalue weighted by Crippen LogP contribution is -2.47. The molecule has 8 nitrogen and oxygen atoms in total. The lowest BCUT2D eigenvalue weighted by atomic mass is 9.83. The second-order valence-electron chi connectivity index (χ2n) is 7.42. The molecule has 0 bridgehead atoms. The molecule has 0 radical (unpaired) electrons. The topological polar surface area (TPSA) is 90.1 Å². The van der Waals surface area contributed by atoms with Gasteiger partial charge >= 0.3 is 0 Å². The number of hydrogen-bond donors (Lipinski definition) is 0. The van der Waals surface area contributed by atoms with Gasteiger partial charge in [-0.3, -0.25) is 0 Å². The van der Waals surface area contributed by atoms with Crippen LogP contribution >= 0.6 is 0 Å². The summed E-state index contributed by atoms with van der Waals surface area (Å²) >= 11 is 0. The van der Waals surface area contributed by atoms with E-state index in [0.717, 1.165) is 61.9 Å². The van der Waals surface area contributed by atoms with Crippen LogP contribution in [0.3, 0.4) is 0 Å². The van der Waals surface area contributed by atoms with Crippen LogP contribution in [0.2, 0.25) is 0 Å². The molecule has 5 heterocycles. The van der Waals surface area contributed by atoms with E-state index in [0.29, 0.717) is 11.7 Å². The summed E-state index contributed by atoms with van der Waals surface area (Å²) in [5.41, 5.74) is 2.87. The molecule has 5 rings (SSSR count). The Labute approximate surface area is 163 Å². The van der Waals surface area contributed by atoms with E-state index >= 15 is 0 Å². The van der Waals surface area contributed by atoms with Crippen molar-refractivity contribution in [3.05, 3.63) is 47.4 Å². The molecule has 0 atom stereocenters. The van der Waals surface area contributed by atoms with Crippen molar-refractivity contribution in [3.63, 3.8) is 0 Å². The number of fused-ring (bicyclic) bond motifs is 2. The third-order valence-electron chi connectivity index (χ3n) is 5.58. The number of anilines is 1. The van der Waals surface area contributed by atoms with E-state index in [1.807, 2.05) is 32.2 Å². The molecule has 0 N–H and O–H groups in total. The Kier molecular flexibility index (Phi) is 4.08. The summed E-state index contributed by atoms with van der Waals surface area (Å²) in [7, 11) is 0. The zero-order chi connectivity index (χ0) is 19.1. The molecule has 0 unspecified atom stereocenters. The minimum atomic E-state index is -0.307. The minimum absolute atomic E-state index is 0.307. The Balaban J connectivity index is 1.38. The summed E-state index contributed by atoms with van der Waals surface area (Å²) in [4.78, 5) is 20.3. The largest absolute Gasteiger partial charge is 0.368 e. The van der Waals surface area contributed by atoms with Crippen LogP contribution in [0.4, 0.5) is 5.82 Å². The van der Waals surface area contributed by atoms with Crippen LogP contribution in [-0.4, -0.2) is 44.8 Å². The number of aryl methyl sites for hydroxylation is 2. The van der Waals surface area contributed by atoms with Gasteiger partial charge in [-0.15, -0.1) is 0 Å². The Morgan fingerprint density at radius 2 is 1.93 bits per heavy atom. The fraction of sp³-hybridized carbons (Fsp3) is 0.450. The van der Waals surface area contributed by atoms with Crippen LogP contribution < -0.4 is 4.90 Å². The first-order valence-electron chi connectivity index (χ1n) is 9.62. The van der Waals surface area contributed by atoms with Crippen LogP contribution in [0, 0.1) is 13.8 Å². The monoisotopic (exact) mass is 378 g/mol. The average molecular weight is 378 g/mol. The third-order valence-corrected chi connectivity index (χ3v) is 5.58. The molecule has 1 fully saturated rings. The van der Waals surface area contributed by atoms with Gasteiger partial charge in [0.25, 0.3) is 5.89 Å². The first kappa shape index (κ1) is 17.2. The predicted molar refractivity (Wildman–Crippen MR) is 102 cm³/mol. The maximum Gasteiger partial charge on any atom is 0.258 e. The third kappa shape index (κ3) is 2.93. The van der Waals surface area contributed by atoms with Gasteiger partial charge in [-0.1, -0.05) is 5.16 Å². The SMILES string of the molecule is Cc1noc(-c2ccnc(N3CCC4(CC3)OCCc3cnc(C)nc34)c2)n1. The van der Waals surface area contributed by atoms with Crippen molar-refractivity contribution in [1.29, 1.82) is 0 Å². The van der Waals surface area contributed by atoms with Crippen molar-refractivity contribution >= 4 is 5.82 Å². The minimum Gasteiger partial charge on any atom is -0.368 e. The van der Waals surface area contributed by atoms with E-state index in [9.17, 15) is 0 Å². The van der Waals surface area contributed by atoms with Gasteiger partial charge in [-0.2, -0.15) is 4.98 Å². The fourth-order valence-corrected chi connectivity index (χ4v) is 4.11.